The standard InChI is InChI=1S/C13H8ClNO.C4H10N2/c14-10-5-6-13-11(7-10)15-8-9-3-1-2-4-12(9)16-13;1-2-6-4-3-5-1/h1-8H;5-6H,1-4H2. The Balaban J connectivity index is 0.000000202. The molecule has 2 aliphatic heterocycles. The van der Waals surface area contributed by atoms with Crippen LogP contribution in [-0.4, -0.2) is 32.4 Å². The summed E-state index contributed by atoms with van der Waals surface area (Å²) in [5.74, 6) is 1.54. The quantitative estimate of drug-likeness (QED) is 0.668. The summed E-state index contributed by atoms with van der Waals surface area (Å²) in [5.41, 5.74) is 1.72. The number of hydrogen-bond donors (Lipinski definition) is 2. The first-order valence-electron chi connectivity index (χ1n) is 7.35. The fourth-order valence-corrected chi connectivity index (χ4v) is 2.39. The zero-order valence-electron chi connectivity index (χ0n) is 12.2. The molecule has 2 aliphatic rings. The topological polar surface area (TPSA) is 45.7 Å². The molecule has 1 saturated heterocycles. The van der Waals surface area contributed by atoms with E-state index in [1.807, 2.05) is 30.3 Å². The molecule has 1 fully saturated rings. The lowest BCUT2D eigenvalue weighted by Gasteiger charge is -2.11. The molecule has 4 nitrogen and oxygen atoms in total. The number of halogens is 1. The van der Waals surface area contributed by atoms with Crippen LogP contribution in [0.5, 0.6) is 11.5 Å². The van der Waals surface area contributed by atoms with E-state index in [-0.39, 0.29) is 0 Å². The van der Waals surface area contributed by atoms with Gasteiger partial charge in [-0.2, -0.15) is 0 Å². The molecule has 0 aromatic heterocycles. The van der Waals surface area contributed by atoms with E-state index in [1.165, 1.54) is 0 Å². The molecule has 0 radical (unpaired) electrons. The highest BCUT2D eigenvalue weighted by atomic mass is 35.5. The lowest BCUT2D eigenvalue weighted by molar-refractivity contribution is 0.485. The Hall–Kier alpha value is -1.88. The lowest BCUT2D eigenvalue weighted by Crippen LogP contribution is -2.39. The molecule has 0 bridgehead atoms. The number of fused-ring (bicyclic) bond motifs is 2. The Morgan fingerprint density at radius 1 is 0.909 bits per heavy atom. The van der Waals surface area contributed by atoms with Crippen molar-refractivity contribution in [3.63, 3.8) is 0 Å². The van der Waals surface area contributed by atoms with E-state index >= 15 is 0 Å². The van der Waals surface area contributed by atoms with Crippen molar-refractivity contribution >= 4 is 23.5 Å². The van der Waals surface area contributed by atoms with Crippen LogP contribution in [0.1, 0.15) is 5.56 Å². The van der Waals surface area contributed by atoms with Crippen LogP contribution >= 0.6 is 11.6 Å². The molecule has 0 aliphatic carbocycles. The van der Waals surface area contributed by atoms with Crippen LogP contribution in [0.4, 0.5) is 5.69 Å². The summed E-state index contributed by atoms with van der Waals surface area (Å²) in [5, 5.41) is 7.10. The van der Waals surface area contributed by atoms with E-state index in [0.29, 0.717) is 5.02 Å². The van der Waals surface area contributed by atoms with E-state index < -0.39 is 0 Å². The summed E-state index contributed by atoms with van der Waals surface area (Å²) in [6.07, 6.45) is 1.79. The number of ether oxygens (including phenoxy) is 1. The van der Waals surface area contributed by atoms with Crippen LogP contribution in [0.2, 0.25) is 5.02 Å². The second-order valence-corrected chi connectivity index (χ2v) is 5.45. The van der Waals surface area contributed by atoms with Crippen LogP contribution in [0.3, 0.4) is 0 Å². The summed E-state index contributed by atoms with van der Waals surface area (Å²) < 4.78 is 5.77. The van der Waals surface area contributed by atoms with Crippen LogP contribution in [0.25, 0.3) is 0 Å². The highest BCUT2D eigenvalue weighted by Crippen LogP contribution is 2.37. The number of nitrogens with one attached hydrogen (secondary N) is 2. The summed E-state index contributed by atoms with van der Waals surface area (Å²) >= 11 is 5.91. The second kappa shape index (κ2) is 7.40. The number of nitrogens with zero attached hydrogens (tertiary/aromatic N) is 1. The van der Waals surface area contributed by atoms with E-state index in [2.05, 4.69) is 15.6 Å². The first-order chi connectivity index (χ1) is 10.8. The molecule has 22 heavy (non-hydrogen) atoms. The van der Waals surface area contributed by atoms with Gasteiger partial charge in [-0.25, -0.2) is 0 Å². The maximum atomic E-state index is 5.91. The van der Waals surface area contributed by atoms with Crippen LogP contribution in [-0.2, 0) is 0 Å². The SMILES string of the molecule is C1CNCCN1.Clc1ccc2c(c1)N=Cc1ccccc1O2. The number of piperazine rings is 1. The second-order valence-electron chi connectivity index (χ2n) is 5.01. The van der Waals surface area contributed by atoms with E-state index in [4.69, 9.17) is 16.3 Å². The maximum absolute atomic E-state index is 5.91. The molecule has 5 heteroatoms. The van der Waals surface area contributed by atoms with Crippen molar-refractivity contribution < 1.29 is 4.74 Å². The molecule has 0 amide bonds. The van der Waals surface area contributed by atoms with Crippen molar-refractivity contribution in [3.8, 4) is 11.5 Å². The van der Waals surface area contributed by atoms with Gasteiger partial charge in [-0.15, -0.1) is 0 Å². The molecular weight excluding hydrogens is 298 g/mol. The lowest BCUT2D eigenvalue weighted by atomic mass is 10.2. The fraction of sp³-hybridized carbons (Fsp3) is 0.235. The van der Waals surface area contributed by atoms with Crippen LogP contribution < -0.4 is 15.4 Å². The van der Waals surface area contributed by atoms with Gasteiger partial charge in [0.1, 0.15) is 11.4 Å². The van der Waals surface area contributed by atoms with Gasteiger partial charge >= 0.3 is 0 Å². The van der Waals surface area contributed by atoms with E-state index in [0.717, 1.165) is 48.9 Å². The molecule has 2 aromatic rings. The number of aliphatic imine (C=N–C) groups is 1. The third-order valence-corrected chi connectivity index (χ3v) is 3.59. The Morgan fingerprint density at radius 2 is 1.64 bits per heavy atom. The van der Waals surface area contributed by atoms with Crippen molar-refractivity contribution in [2.24, 2.45) is 4.99 Å². The highest BCUT2D eigenvalue weighted by molar-refractivity contribution is 6.30. The third kappa shape index (κ3) is 3.85. The predicted octanol–water partition coefficient (Wildman–Crippen LogP) is 3.38. The van der Waals surface area contributed by atoms with Gasteiger partial charge in [0.05, 0.1) is 0 Å². The Morgan fingerprint density at radius 3 is 2.36 bits per heavy atom. The summed E-state index contributed by atoms with van der Waals surface area (Å²) in [7, 11) is 0. The van der Waals surface area contributed by atoms with Crippen LogP contribution in [0.15, 0.2) is 47.5 Å². The van der Waals surface area contributed by atoms with Gasteiger partial charge in [0.15, 0.2) is 5.75 Å². The molecule has 0 atom stereocenters. The van der Waals surface area contributed by atoms with Crippen molar-refractivity contribution in [1.29, 1.82) is 0 Å². The van der Waals surface area contributed by atoms with Crippen molar-refractivity contribution in [1.82, 2.24) is 10.6 Å². The summed E-state index contributed by atoms with van der Waals surface area (Å²) in [6.45, 7) is 4.56. The third-order valence-electron chi connectivity index (χ3n) is 3.36. The Labute approximate surface area is 135 Å². The zero-order chi connectivity index (χ0) is 15.2. The molecule has 0 unspecified atom stereocenters. The minimum Gasteiger partial charge on any atom is -0.454 e. The van der Waals surface area contributed by atoms with Gasteiger partial charge in [0.2, 0.25) is 0 Å². The largest absolute Gasteiger partial charge is 0.454 e. The van der Waals surface area contributed by atoms with Gasteiger partial charge in [-0.3, -0.25) is 4.99 Å². The van der Waals surface area contributed by atoms with Gasteiger partial charge in [0.25, 0.3) is 0 Å². The van der Waals surface area contributed by atoms with Crippen molar-refractivity contribution in [3.05, 3.63) is 53.1 Å². The Bertz CT molecular complexity index is 657. The van der Waals surface area contributed by atoms with Crippen molar-refractivity contribution in [2.75, 3.05) is 26.2 Å². The average molecular weight is 316 g/mol. The van der Waals surface area contributed by atoms with E-state index in [9.17, 15) is 0 Å². The first kappa shape index (κ1) is 15.0. The molecule has 114 valence electrons. The smallest absolute Gasteiger partial charge is 0.153 e. The zero-order valence-corrected chi connectivity index (χ0v) is 12.9. The predicted molar refractivity (Wildman–Crippen MR) is 91.0 cm³/mol. The average Bonchev–Trinajstić information content (AvgIpc) is 2.76. The normalized spacial score (nSPS) is 15.5. The fourth-order valence-electron chi connectivity index (χ4n) is 2.22. The van der Waals surface area contributed by atoms with Gasteiger partial charge in [-0.1, -0.05) is 23.7 Å². The van der Waals surface area contributed by atoms with Gasteiger partial charge < -0.3 is 15.4 Å². The molecule has 2 aromatic carbocycles. The number of hydrogen-bond acceptors (Lipinski definition) is 4. The summed E-state index contributed by atoms with van der Waals surface area (Å²) in [4.78, 5) is 4.35. The number of benzene rings is 2. The molecule has 2 heterocycles. The number of para-hydroxylation sites is 1. The monoisotopic (exact) mass is 315 g/mol. The number of rotatable bonds is 0. The first-order valence-corrected chi connectivity index (χ1v) is 7.73. The van der Waals surface area contributed by atoms with Gasteiger partial charge in [0, 0.05) is 43.0 Å². The van der Waals surface area contributed by atoms with Gasteiger partial charge in [-0.05, 0) is 30.3 Å². The highest BCUT2D eigenvalue weighted by Gasteiger charge is 2.10. The minimum absolute atomic E-state index is 0.658. The van der Waals surface area contributed by atoms with E-state index in [1.54, 1.807) is 18.3 Å². The molecule has 0 spiro atoms. The Kier molecular flexibility index (Phi) is 5.06. The molecular formula is C17H18ClN3O. The molecule has 4 rings (SSSR count). The summed E-state index contributed by atoms with van der Waals surface area (Å²) in [6, 6.07) is 13.2. The van der Waals surface area contributed by atoms with Crippen LogP contribution in [0, 0.1) is 0 Å². The molecule has 0 saturated carbocycles. The molecule has 2 N–H and O–H groups in total. The minimum atomic E-state index is 0.658. The maximum Gasteiger partial charge on any atom is 0.153 e. The van der Waals surface area contributed by atoms with Crippen molar-refractivity contribution in [2.45, 2.75) is 0 Å².